The molecule has 5 N–H and O–H groups in total. The molecule has 0 amide bonds. The van der Waals surface area contributed by atoms with Gasteiger partial charge in [-0.25, -0.2) is 9.67 Å². The van der Waals surface area contributed by atoms with Gasteiger partial charge < -0.3 is 25.8 Å². The number of imidazole rings is 1. The number of nitrogens with two attached hydrogens (primary N) is 1. The Morgan fingerprint density at radius 3 is 2.74 bits per heavy atom. The third kappa shape index (κ3) is 2.75. The normalized spacial score (nSPS) is 25.3. The number of Topliss-reactive ketones (excluding diaryl/α,β-unsaturated/α-hetero) is 1. The number of rotatable bonds is 4. The monoisotopic (exact) mass is 375 g/mol. The molecule has 142 valence electrons. The second-order valence-electron chi connectivity index (χ2n) is 6.19. The summed E-state index contributed by atoms with van der Waals surface area (Å²) in [5.41, 5.74) is 6.86. The van der Waals surface area contributed by atoms with Crippen LogP contribution in [-0.4, -0.2) is 75.3 Å². The number of aliphatic hydroxyl groups excluding tert-OH is 3. The number of nitrogen functional groups attached to an aromatic ring is 1. The predicted octanol–water partition coefficient (Wildman–Crippen LogP) is -1.59. The lowest BCUT2D eigenvalue weighted by atomic mass is 10.1. The van der Waals surface area contributed by atoms with Gasteiger partial charge in [0.25, 0.3) is 5.95 Å². The number of fused-ring (bicyclic) bond motifs is 1. The van der Waals surface area contributed by atoms with Crippen LogP contribution in [0.15, 0.2) is 18.7 Å². The summed E-state index contributed by atoms with van der Waals surface area (Å²) >= 11 is 0. The fraction of sp³-hybridized carbons (Fsp3) is 0.400. The Balaban J connectivity index is 1.80. The van der Waals surface area contributed by atoms with Crippen molar-refractivity contribution in [1.82, 2.24) is 29.3 Å². The number of carbonyl (C=O) groups is 1. The lowest BCUT2D eigenvalue weighted by molar-refractivity contribution is -0.0511. The van der Waals surface area contributed by atoms with Crippen LogP contribution in [0, 0.1) is 0 Å². The highest BCUT2D eigenvalue weighted by Gasteiger charge is 2.44. The average Bonchev–Trinajstić information content (AvgIpc) is 3.34. The molecule has 0 bridgehead atoms. The van der Waals surface area contributed by atoms with Gasteiger partial charge in [0.05, 0.1) is 24.7 Å². The molecule has 1 saturated heterocycles. The second-order valence-corrected chi connectivity index (χ2v) is 6.19. The number of ether oxygens (including phenoxy) is 1. The first-order valence-corrected chi connectivity index (χ1v) is 8.09. The van der Waals surface area contributed by atoms with Crippen molar-refractivity contribution in [3.05, 3.63) is 24.3 Å². The number of anilines is 1. The molecule has 0 spiro atoms. The molecule has 0 aromatic carbocycles. The number of carbonyl (C=O) groups excluding carboxylic acids is 1. The Hall–Kier alpha value is -2.93. The molecule has 3 aromatic rings. The molecule has 1 aliphatic heterocycles. The van der Waals surface area contributed by atoms with Crippen molar-refractivity contribution in [3.63, 3.8) is 0 Å². The molecule has 3 aromatic heterocycles. The summed E-state index contributed by atoms with van der Waals surface area (Å²) in [4.78, 5) is 24.1. The summed E-state index contributed by atoms with van der Waals surface area (Å²) in [6, 6.07) is 0. The maximum Gasteiger partial charge on any atom is 0.254 e. The van der Waals surface area contributed by atoms with Crippen molar-refractivity contribution < 1.29 is 24.9 Å². The van der Waals surface area contributed by atoms with E-state index >= 15 is 0 Å². The number of nitrogens with zero attached hydrogens (tertiary/aromatic N) is 6. The van der Waals surface area contributed by atoms with Crippen LogP contribution in [0.2, 0.25) is 0 Å². The van der Waals surface area contributed by atoms with Crippen molar-refractivity contribution in [3.8, 4) is 5.95 Å². The maximum absolute atomic E-state index is 11.5. The second kappa shape index (κ2) is 6.35. The third-order valence-corrected chi connectivity index (χ3v) is 4.42. The fourth-order valence-corrected chi connectivity index (χ4v) is 2.94. The fourth-order valence-electron chi connectivity index (χ4n) is 2.94. The SMILES string of the molecule is CC(=O)c1cnn(-c2nc(N)c3ncn([C@@H]4O[C@H](CO)[C@@H](O)[C@H]4O)c3n2)c1. The van der Waals surface area contributed by atoms with Crippen LogP contribution in [0.25, 0.3) is 17.1 Å². The van der Waals surface area contributed by atoms with Crippen LogP contribution >= 0.6 is 0 Å². The molecule has 4 atom stereocenters. The van der Waals surface area contributed by atoms with Gasteiger partial charge in [0.2, 0.25) is 0 Å². The van der Waals surface area contributed by atoms with Gasteiger partial charge in [-0.05, 0) is 6.92 Å². The highest BCUT2D eigenvalue weighted by atomic mass is 16.6. The zero-order valence-corrected chi connectivity index (χ0v) is 14.2. The zero-order chi connectivity index (χ0) is 19.3. The van der Waals surface area contributed by atoms with Crippen molar-refractivity contribution in [1.29, 1.82) is 0 Å². The average molecular weight is 375 g/mol. The Morgan fingerprint density at radius 1 is 1.33 bits per heavy atom. The van der Waals surface area contributed by atoms with Gasteiger partial charge in [-0.2, -0.15) is 15.1 Å². The molecule has 1 fully saturated rings. The van der Waals surface area contributed by atoms with E-state index in [2.05, 4.69) is 20.1 Å². The van der Waals surface area contributed by atoms with E-state index in [-0.39, 0.29) is 28.7 Å². The van der Waals surface area contributed by atoms with E-state index in [1.165, 1.54) is 34.9 Å². The highest BCUT2D eigenvalue weighted by molar-refractivity contribution is 5.93. The molecule has 4 heterocycles. The zero-order valence-electron chi connectivity index (χ0n) is 14.2. The van der Waals surface area contributed by atoms with Gasteiger partial charge in [0.1, 0.15) is 23.8 Å². The molecule has 1 aliphatic rings. The van der Waals surface area contributed by atoms with Gasteiger partial charge in [-0.3, -0.25) is 9.36 Å². The summed E-state index contributed by atoms with van der Waals surface area (Å²) in [5, 5.41) is 33.5. The smallest absolute Gasteiger partial charge is 0.254 e. The Bertz CT molecular complexity index is 1020. The Labute approximate surface area is 151 Å². The van der Waals surface area contributed by atoms with E-state index in [0.717, 1.165) is 0 Å². The molecular weight excluding hydrogens is 358 g/mol. The summed E-state index contributed by atoms with van der Waals surface area (Å²) in [7, 11) is 0. The first-order chi connectivity index (χ1) is 12.9. The van der Waals surface area contributed by atoms with Crippen molar-refractivity contribution >= 4 is 22.8 Å². The lowest BCUT2D eigenvalue weighted by Crippen LogP contribution is -2.33. The third-order valence-electron chi connectivity index (χ3n) is 4.42. The van der Waals surface area contributed by atoms with Gasteiger partial charge in [0, 0.05) is 6.20 Å². The summed E-state index contributed by atoms with van der Waals surface area (Å²) in [6.07, 6.45) is -0.316. The minimum absolute atomic E-state index is 0.0698. The lowest BCUT2D eigenvalue weighted by Gasteiger charge is -2.16. The summed E-state index contributed by atoms with van der Waals surface area (Å²) < 4.78 is 8.20. The summed E-state index contributed by atoms with van der Waals surface area (Å²) in [6.45, 7) is 0.960. The highest BCUT2D eigenvalue weighted by Crippen LogP contribution is 2.32. The number of aliphatic hydroxyl groups is 3. The number of ketones is 1. The van der Waals surface area contributed by atoms with Gasteiger partial charge in [-0.1, -0.05) is 0 Å². The van der Waals surface area contributed by atoms with E-state index in [4.69, 9.17) is 10.5 Å². The molecule has 27 heavy (non-hydrogen) atoms. The van der Waals surface area contributed by atoms with E-state index in [0.29, 0.717) is 5.56 Å². The molecule has 0 saturated carbocycles. The van der Waals surface area contributed by atoms with Crippen LogP contribution in [-0.2, 0) is 4.74 Å². The summed E-state index contributed by atoms with van der Waals surface area (Å²) in [5.74, 6) is 0.00761. The van der Waals surface area contributed by atoms with E-state index in [9.17, 15) is 20.1 Å². The Morgan fingerprint density at radius 2 is 2.11 bits per heavy atom. The molecule has 0 radical (unpaired) electrons. The number of hydrogen-bond donors (Lipinski definition) is 4. The molecule has 12 nitrogen and oxygen atoms in total. The molecule has 4 rings (SSSR count). The van der Waals surface area contributed by atoms with E-state index < -0.39 is 31.1 Å². The van der Waals surface area contributed by atoms with Crippen LogP contribution in [0.5, 0.6) is 0 Å². The van der Waals surface area contributed by atoms with E-state index in [1.807, 2.05) is 0 Å². The topological polar surface area (TPSA) is 174 Å². The Kier molecular flexibility index (Phi) is 4.11. The number of aromatic nitrogens is 6. The van der Waals surface area contributed by atoms with Gasteiger partial charge in [-0.15, -0.1) is 0 Å². The molecule has 12 heteroatoms. The van der Waals surface area contributed by atoms with Crippen molar-refractivity contribution in [2.45, 2.75) is 31.5 Å². The first kappa shape index (κ1) is 17.5. The van der Waals surface area contributed by atoms with Crippen LogP contribution in [0.4, 0.5) is 5.82 Å². The van der Waals surface area contributed by atoms with Crippen LogP contribution in [0.1, 0.15) is 23.5 Å². The number of hydrogen-bond acceptors (Lipinski definition) is 10. The molecule has 0 aliphatic carbocycles. The molecular formula is C15H17N7O5. The predicted molar refractivity (Wildman–Crippen MR) is 89.9 cm³/mol. The van der Waals surface area contributed by atoms with Gasteiger partial charge >= 0.3 is 0 Å². The molecule has 0 unspecified atom stereocenters. The standard InChI is InChI=1S/C15H17N7O5/c1-6(24)7-2-18-22(3-7)15-19-12(16)9-13(20-15)21(5-17-9)14-11(26)10(25)8(4-23)27-14/h2-3,5,8,10-11,14,23,25-26H,4H2,1H3,(H2,16,19,20)/t8-,10-,11-,14-/m1/s1. The van der Waals surface area contributed by atoms with Gasteiger partial charge in [0.15, 0.2) is 23.5 Å². The quantitative estimate of drug-likeness (QED) is 0.389. The van der Waals surface area contributed by atoms with Crippen LogP contribution in [0.3, 0.4) is 0 Å². The first-order valence-electron chi connectivity index (χ1n) is 8.09. The van der Waals surface area contributed by atoms with Crippen molar-refractivity contribution in [2.24, 2.45) is 0 Å². The minimum Gasteiger partial charge on any atom is -0.394 e. The van der Waals surface area contributed by atoms with Crippen molar-refractivity contribution in [2.75, 3.05) is 12.3 Å². The van der Waals surface area contributed by atoms with E-state index in [1.54, 1.807) is 0 Å². The largest absolute Gasteiger partial charge is 0.394 e. The van der Waals surface area contributed by atoms with Crippen LogP contribution < -0.4 is 5.73 Å². The maximum atomic E-state index is 11.5. The minimum atomic E-state index is -1.30.